The van der Waals surface area contributed by atoms with E-state index in [-0.39, 0.29) is 19.1 Å². The lowest BCUT2D eigenvalue weighted by Crippen LogP contribution is -2.49. The van der Waals surface area contributed by atoms with E-state index in [1.54, 1.807) is 32.9 Å². The standard InChI is InChI=1S/C21H33N3O4S/c1-7-8-14(11-22)21(5,6)24-18(26)16(17-10-9-15(13-25)29-17)12-23-19(27)28-20(2,3)4/h8-11,16,22,25H,7,12-13H2,1-6H3,(H,23,27)(H,24,26)/b14-8-,22-11?. The third kappa shape index (κ3) is 7.98. The fraction of sp³-hybridized carbons (Fsp3) is 0.571. The Kier molecular flexibility index (Phi) is 9.04. The summed E-state index contributed by atoms with van der Waals surface area (Å²) in [5.74, 6) is -0.929. The molecule has 0 spiro atoms. The molecule has 0 bridgehead atoms. The first-order valence-corrected chi connectivity index (χ1v) is 10.4. The maximum atomic E-state index is 13.1. The highest BCUT2D eigenvalue weighted by atomic mass is 32.1. The zero-order valence-electron chi connectivity index (χ0n) is 18.1. The summed E-state index contributed by atoms with van der Waals surface area (Å²) >= 11 is 1.32. The highest BCUT2D eigenvalue weighted by Crippen LogP contribution is 2.27. The van der Waals surface area contributed by atoms with E-state index >= 15 is 0 Å². The van der Waals surface area contributed by atoms with Crippen molar-refractivity contribution in [2.24, 2.45) is 0 Å². The van der Waals surface area contributed by atoms with Gasteiger partial charge in [0.2, 0.25) is 5.91 Å². The lowest BCUT2D eigenvalue weighted by atomic mass is 9.92. The molecular formula is C21H33N3O4S. The van der Waals surface area contributed by atoms with Gasteiger partial charge in [-0.05, 0) is 58.7 Å². The number of carbonyl (C=O) groups excluding carboxylic acids is 2. The minimum Gasteiger partial charge on any atom is -0.444 e. The summed E-state index contributed by atoms with van der Waals surface area (Å²) < 4.78 is 5.26. The van der Waals surface area contributed by atoms with E-state index in [9.17, 15) is 14.7 Å². The molecule has 1 rings (SSSR count). The van der Waals surface area contributed by atoms with Crippen LogP contribution in [-0.2, 0) is 16.1 Å². The molecule has 8 heteroatoms. The number of amides is 2. The molecule has 0 aliphatic rings. The van der Waals surface area contributed by atoms with E-state index in [1.165, 1.54) is 17.6 Å². The molecule has 0 aromatic carbocycles. The van der Waals surface area contributed by atoms with Crippen molar-refractivity contribution >= 4 is 29.6 Å². The van der Waals surface area contributed by atoms with Crippen LogP contribution in [0.1, 0.15) is 63.6 Å². The van der Waals surface area contributed by atoms with Crippen molar-refractivity contribution in [1.82, 2.24) is 10.6 Å². The molecule has 0 saturated heterocycles. The number of rotatable bonds is 9. The van der Waals surface area contributed by atoms with E-state index in [4.69, 9.17) is 10.1 Å². The molecule has 7 nitrogen and oxygen atoms in total. The van der Waals surface area contributed by atoms with Crippen LogP contribution in [0.4, 0.5) is 4.79 Å². The van der Waals surface area contributed by atoms with Gasteiger partial charge in [0.15, 0.2) is 0 Å². The number of aliphatic hydroxyl groups is 1. The lowest BCUT2D eigenvalue weighted by molar-refractivity contribution is -0.123. The van der Waals surface area contributed by atoms with Gasteiger partial charge in [0.1, 0.15) is 5.60 Å². The molecule has 0 aliphatic heterocycles. The molecule has 29 heavy (non-hydrogen) atoms. The molecule has 1 heterocycles. The van der Waals surface area contributed by atoms with Crippen LogP contribution in [0.25, 0.3) is 0 Å². The van der Waals surface area contributed by atoms with Crippen LogP contribution >= 0.6 is 11.3 Å². The number of nitrogens with one attached hydrogen (secondary N) is 3. The topological polar surface area (TPSA) is 112 Å². The van der Waals surface area contributed by atoms with E-state index < -0.39 is 23.2 Å². The number of thiophene rings is 1. The average molecular weight is 424 g/mol. The quantitative estimate of drug-likeness (QED) is 0.453. The number of hydrogen-bond acceptors (Lipinski definition) is 6. The number of carbonyl (C=O) groups is 2. The third-order valence-corrected chi connectivity index (χ3v) is 5.27. The van der Waals surface area contributed by atoms with E-state index in [0.29, 0.717) is 5.57 Å². The minimum absolute atomic E-state index is 0.0552. The molecule has 1 unspecified atom stereocenters. The molecule has 1 aromatic heterocycles. The van der Waals surface area contributed by atoms with Gasteiger partial charge in [-0.25, -0.2) is 4.79 Å². The van der Waals surface area contributed by atoms with Gasteiger partial charge >= 0.3 is 6.09 Å². The summed E-state index contributed by atoms with van der Waals surface area (Å²) in [4.78, 5) is 26.6. The number of alkyl carbamates (subject to hydrolysis) is 1. The summed E-state index contributed by atoms with van der Waals surface area (Å²) in [6.07, 6.45) is 3.29. The molecule has 4 N–H and O–H groups in total. The van der Waals surface area contributed by atoms with Crippen molar-refractivity contribution in [3.63, 3.8) is 0 Å². The summed E-state index contributed by atoms with van der Waals surface area (Å²) in [5.41, 5.74) is -0.675. The molecule has 0 aliphatic carbocycles. The second-order valence-electron chi connectivity index (χ2n) is 8.22. The monoisotopic (exact) mass is 423 g/mol. The van der Waals surface area contributed by atoms with Crippen molar-refractivity contribution in [1.29, 1.82) is 5.41 Å². The minimum atomic E-state index is -0.740. The van der Waals surface area contributed by atoms with Crippen LogP contribution in [0.2, 0.25) is 0 Å². The molecule has 0 fully saturated rings. The van der Waals surface area contributed by atoms with Crippen molar-refractivity contribution < 1.29 is 19.4 Å². The first kappa shape index (κ1) is 24.8. The fourth-order valence-corrected chi connectivity index (χ4v) is 3.64. The predicted molar refractivity (Wildman–Crippen MR) is 117 cm³/mol. The zero-order valence-corrected chi connectivity index (χ0v) is 18.9. The summed E-state index contributed by atoms with van der Waals surface area (Å²) in [7, 11) is 0. The van der Waals surface area contributed by atoms with Crippen molar-refractivity contribution in [3.05, 3.63) is 33.5 Å². The van der Waals surface area contributed by atoms with Crippen molar-refractivity contribution in [3.8, 4) is 0 Å². The van der Waals surface area contributed by atoms with Gasteiger partial charge in [-0.15, -0.1) is 11.3 Å². The van der Waals surface area contributed by atoms with Crippen LogP contribution in [0, 0.1) is 5.41 Å². The Bertz CT molecular complexity index is 747. The first-order chi connectivity index (χ1) is 13.4. The van der Waals surface area contributed by atoms with Crippen LogP contribution in [-0.4, -0.2) is 41.0 Å². The van der Waals surface area contributed by atoms with Gasteiger partial charge in [-0.3, -0.25) is 4.79 Å². The maximum absolute atomic E-state index is 13.1. The van der Waals surface area contributed by atoms with Gasteiger partial charge in [-0.1, -0.05) is 13.0 Å². The number of aliphatic hydroxyl groups excluding tert-OH is 1. The van der Waals surface area contributed by atoms with Gasteiger partial charge in [0.25, 0.3) is 0 Å². The summed E-state index contributed by atoms with van der Waals surface area (Å²) in [5, 5.41) is 22.6. The summed E-state index contributed by atoms with van der Waals surface area (Å²) in [6.45, 7) is 10.9. The van der Waals surface area contributed by atoms with E-state index in [0.717, 1.165) is 16.2 Å². The van der Waals surface area contributed by atoms with E-state index in [1.807, 2.05) is 26.8 Å². The van der Waals surface area contributed by atoms with Crippen molar-refractivity contribution in [2.45, 2.75) is 71.6 Å². The van der Waals surface area contributed by atoms with Gasteiger partial charge in [-0.2, -0.15) is 0 Å². The molecule has 0 radical (unpaired) electrons. The maximum Gasteiger partial charge on any atom is 0.407 e. The molecule has 2 amide bonds. The number of ether oxygens (including phenoxy) is 1. The Balaban J connectivity index is 3.04. The molecule has 1 atom stereocenters. The highest BCUT2D eigenvalue weighted by molar-refractivity contribution is 7.12. The molecule has 0 saturated carbocycles. The van der Waals surface area contributed by atoms with Gasteiger partial charge in [0.05, 0.1) is 18.1 Å². The second-order valence-corrected chi connectivity index (χ2v) is 9.42. The highest BCUT2D eigenvalue weighted by Gasteiger charge is 2.30. The average Bonchev–Trinajstić information content (AvgIpc) is 3.06. The van der Waals surface area contributed by atoms with Crippen molar-refractivity contribution in [2.75, 3.05) is 6.54 Å². The van der Waals surface area contributed by atoms with Gasteiger partial charge < -0.3 is 25.9 Å². The van der Waals surface area contributed by atoms with Crippen LogP contribution < -0.4 is 10.6 Å². The Morgan fingerprint density at radius 1 is 1.28 bits per heavy atom. The third-order valence-electron chi connectivity index (χ3n) is 4.08. The molecule has 162 valence electrons. The van der Waals surface area contributed by atoms with Crippen LogP contribution in [0.15, 0.2) is 23.8 Å². The van der Waals surface area contributed by atoms with Crippen LogP contribution in [0.3, 0.4) is 0 Å². The lowest BCUT2D eigenvalue weighted by Gasteiger charge is -2.30. The Morgan fingerprint density at radius 3 is 2.41 bits per heavy atom. The van der Waals surface area contributed by atoms with E-state index in [2.05, 4.69) is 10.6 Å². The Labute approximate surface area is 177 Å². The molecular weight excluding hydrogens is 390 g/mol. The normalized spacial score (nSPS) is 13.6. The predicted octanol–water partition coefficient (Wildman–Crippen LogP) is 3.73. The smallest absolute Gasteiger partial charge is 0.407 e. The molecule has 1 aromatic rings. The largest absolute Gasteiger partial charge is 0.444 e. The fourth-order valence-electron chi connectivity index (χ4n) is 2.67. The number of hydrogen-bond donors (Lipinski definition) is 4. The Morgan fingerprint density at radius 2 is 1.93 bits per heavy atom. The first-order valence-electron chi connectivity index (χ1n) is 9.63. The Hall–Kier alpha value is -2.19. The zero-order chi connectivity index (χ0) is 22.2. The SMILES string of the molecule is CC/C=C(/C=N)C(C)(C)NC(=O)C(CNC(=O)OC(C)(C)C)c1ccc(CO)s1. The summed E-state index contributed by atoms with van der Waals surface area (Å²) in [6, 6.07) is 3.54. The van der Waals surface area contributed by atoms with Crippen LogP contribution in [0.5, 0.6) is 0 Å². The second kappa shape index (κ2) is 10.5. The van der Waals surface area contributed by atoms with Gasteiger partial charge in [0, 0.05) is 22.5 Å². The number of allylic oxidation sites excluding steroid dienone is 1.